The van der Waals surface area contributed by atoms with Crippen LogP contribution in [0.3, 0.4) is 0 Å². The van der Waals surface area contributed by atoms with Crippen molar-refractivity contribution in [3.05, 3.63) is 17.6 Å². The van der Waals surface area contributed by atoms with Crippen LogP contribution < -0.4 is 4.90 Å². The van der Waals surface area contributed by atoms with Gasteiger partial charge < -0.3 is 9.64 Å². The van der Waals surface area contributed by atoms with E-state index in [1.807, 2.05) is 0 Å². The molecule has 1 saturated heterocycles. The van der Waals surface area contributed by atoms with Gasteiger partial charge in [0.2, 0.25) is 0 Å². The first-order chi connectivity index (χ1) is 10.3. The van der Waals surface area contributed by atoms with E-state index in [1.54, 1.807) is 7.11 Å². The fraction of sp³-hybridized carbons (Fsp3) is 0.778. The number of hydrogen-bond acceptors (Lipinski definition) is 4. The second kappa shape index (κ2) is 6.95. The molecule has 1 fully saturated rings. The summed E-state index contributed by atoms with van der Waals surface area (Å²) in [5.41, 5.74) is 0.929. The minimum absolute atomic E-state index is 0.0469. The van der Waals surface area contributed by atoms with Crippen molar-refractivity contribution >= 4 is 5.82 Å². The summed E-state index contributed by atoms with van der Waals surface area (Å²) in [4.78, 5) is 11.9. The van der Waals surface area contributed by atoms with Crippen molar-refractivity contribution in [3.8, 4) is 0 Å². The van der Waals surface area contributed by atoms with Crippen molar-refractivity contribution < 1.29 is 4.74 Å². The van der Waals surface area contributed by atoms with Crippen molar-refractivity contribution in [2.24, 2.45) is 11.8 Å². The van der Waals surface area contributed by atoms with Crippen molar-refractivity contribution in [1.29, 1.82) is 0 Å². The topological polar surface area (TPSA) is 38.2 Å². The zero-order valence-corrected chi connectivity index (χ0v) is 15.0. The summed E-state index contributed by atoms with van der Waals surface area (Å²) < 4.78 is 5.28. The summed E-state index contributed by atoms with van der Waals surface area (Å²) in [6, 6.07) is 2.09. The van der Waals surface area contributed by atoms with Gasteiger partial charge in [0, 0.05) is 31.7 Å². The van der Waals surface area contributed by atoms with Crippen molar-refractivity contribution in [2.75, 3.05) is 25.1 Å². The van der Waals surface area contributed by atoms with Crippen LogP contribution in [0.25, 0.3) is 0 Å². The van der Waals surface area contributed by atoms with Gasteiger partial charge in [-0.2, -0.15) is 0 Å². The molecule has 2 heterocycles. The smallest absolute Gasteiger partial charge is 0.136 e. The molecule has 1 aliphatic rings. The molecule has 0 aromatic carbocycles. The normalized spacial score (nSPS) is 17.3. The summed E-state index contributed by atoms with van der Waals surface area (Å²) in [5.74, 6) is 3.59. The highest BCUT2D eigenvalue weighted by Gasteiger charge is 2.25. The van der Waals surface area contributed by atoms with Crippen LogP contribution in [0.4, 0.5) is 5.82 Å². The minimum Gasteiger partial charge on any atom is -0.378 e. The van der Waals surface area contributed by atoms with E-state index in [0.717, 1.165) is 42.3 Å². The lowest BCUT2D eigenvalue weighted by Crippen LogP contribution is -2.36. The molecular weight excluding hydrogens is 274 g/mol. The van der Waals surface area contributed by atoms with Crippen LogP contribution in [0, 0.1) is 11.8 Å². The number of piperidine rings is 1. The van der Waals surface area contributed by atoms with Gasteiger partial charge in [-0.1, -0.05) is 34.6 Å². The zero-order valence-electron chi connectivity index (χ0n) is 15.0. The third-order valence-electron chi connectivity index (χ3n) is 4.54. The summed E-state index contributed by atoms with van der Waals surface area (Å²) >= 11 is 0. The maximum Gasteiger partial charge on any atom is 0.136 e. The largest absolute Gasteiger partial charge is 0.378 e. The van der Waals surface area contributed by atoms with E-state index in [4.69, 9.17) is 9.72 Å². The van der Waals surface area contributed by atoms with Gasteiger partial charge in [0.05, 0.1) is 12.3 Å². The van der Waals surface area contributed by atoms with E-state index in [2.05, 4.69) is 50.6 Å². The molecule has 0 radical (unpaired) electrons. The van der Waals surface area contributed by atoms with Crippen LogP contribution in [0.1, 0.15) is 59.0 Å². The quantitative estimate of drug-likeness (QED) is 0.848. The van der Waals surface area contributed by atoms with Crippen LogP contribution in [-0.2, 0) is 16.8 Å². The van der Waals surface area contributed by atoms with Gasteiger partial charge in [-0.3, -0.25) is 0 Å². The number of hydrogen-bond donors (Lipinski definition) is 0. The summed E-state index contributed by atoms with van der Waals surface area (Å²) in [5, 5.41) is 0. The standard InChI is InChI=1S/C18H31N3O/c1-13(2)14-7-9-21(10-8-14)16-11-15(12-22-6)19-17(20-16)18(3,4)5/h11,13-14H,7-10,12H2,1-6H3. The van der Waals surface area contributed by atoms with Gasteiger partial charge >= 0.3 is 0 Å². The van der Waals surface area contributed by atoms with Crippen molar-refractivity contribution in [3.63, 3.8) is 0 Å². The minimum atomic E-state index is -0.0469. The summed E-state index contributed by atoms with van der Waals surface area (Å²) in [6.07, 6.45) is 2.51. The predicted molar refractivity (Wildman–Crippen MR) is 91.2 cm³/mol. The molecule has 1 aromatic rings. The fourth-order valence-electron chi connectivity index (χ4n) is 3.00. The fourth-order valence-corrected chi connectivity index (χ4v) is 3.00. The second-order valence-electron chi connectivity index (χ2n) is 7.79. The first-order valence-corrected chi connectivity index (χ1v) is 8.43. The molecule has 1 aromatic heterocycles. The Bertz CT molecular complexity index is 486. The highest BCUT2D eigenvalue weighted by molar-refractivity contribution is 5.41. The molecule has 4 heteroatoms. The van der Waals surface area contributed by atoms with Gasteiger partial charge in [-0.05, 0) is 24.7 Å². The monoisotopic (exact) mass is 305 g/mol. The predicted octanol–water partition coefficient (Wildman–Crippen LogP) is 3.79. The number of ether oxygens (including phenoxy) is 1. The third kappa shape index (κ3) is 4.19. The third-order valence-corrected chi connectivity index (χ3v) is 4.54. The Labute approximate surface area is 135 Å². The highest BCUT2D eigenvalue weighted by Crippen LogP contribution is 2.28. The van der Waals surface area contributed by atoms with Crippen LogP contribution >= 0.6 is 0 Å². The Hall–Kier alpha value is -1.16. The van der Waals surface area contributed by atoms with E-state index in [1.165, 1.54) is 12.8 Å². The molecule has 0 saturated carbocycles. The molecule has 124 valence electrons. The lowest BCUT2D eigenvalue weighted by Gasteiger charge is -2.35. The van der Waals surface area contributed by atoms with Gasteiger partial charge in [0.25, 0.3) is 0 Å². The molecule has 1 aliphatic heterocycles. The van der Waals surface area contributed by atoms with E-state index in [9.17, 15) is 0 Å². The zero-order chi connectivity index (χ0) is 16.3. The first kappa shape index (κ1) is 17.2. The van der Waals surface area contributed by atoms with Gasteiger partial charge in [0.15, 0.2) is 0 Å². The molecule has 0 bridgehead atoms. The van der Waals surface area contributed by atoms with Crippen LogP contribution in [0.2, 0.25) is 0 Å². The number of methoxy groups -OCH3 is 1. The van der Waals surface area contributed by atoms with E-state index < -0.39 is 0 Å². The van der Waals surface area contributed by atoms with Gasteiger partial charge in [-0.25, -0.2) is 9.97 Å². The maximum absolute atomic E-state index is 5.28. The Morgan fingerprint density at radius 3 is 2.36 bits per heavy atom. The number of nitrogens with zero attached hydrogens (tertiary/aromatic N) is 3. The first-order valence-electron chi connectivity index (χ1n) is 8.43. The lowest BCUT2D eigenvalue weighted by molar-refractivity contribution is 0.181. The van der Waals surface area contributed by atoms with E-state index in [0.29, 0.717) is 6.61 Å². The lowest BCUT2D eigenvalue weighted by atomic mass is 9.87. The number of rotatable bonds is 4. The maximum atomic E-state index is 5.28. The molecule has 0 amide bonds. The highest BCUT2D eigenvalue weighted by atomic mass is 16.5. The average molecular weight is 305 g/mol. The molecule has 0 spiro atoms. The molecule has 22 heavy (non-hydrogen) atoms. The Balaban J connectivity index is 2.21. The van der Waals surface area contributed by atoms with Crippen molar-refractivity contribution in [2.45, 2.75) is 59.5 Å². The van der Waals surface area contributed by atoms with Crippen molar-refractivity contribution in [1.82, 2.24) is 9.97 Å². The number of aromatic nitrogens is 2. The van der Waals surface area contributed by atoms with E-state index in [-0.39, 0.29) is 5.41 Å². The summed E-state index contributed by atoms with van der Waals surface area (Å²) in [7, 11) is 1.71. The molecule has 0 atom stereocenters. The molecule has 0 N–H and O–H groups in total. The number of anilines is 1. The molecule has 0 unspecified atom stereocenters. The summed E-state index contributed by atoms with van der Waals surface area (Å²) in [6.45, 7) is 13.9. The molecule has 0 aliphatic carbocycles. The van der Waals surface area contributed by atoms with Gasteiger partial charge in [-0.15, -0.1) is 0 Å². The Morgan fingerprint density at radius 1 is 1.23 bits per heavy atom. The van der Waals surface area contributed by atoms with E-state index >= 15 is 0 Å². The molecular formula is C18H31N3O. The van der Waals surface area contributed by atoms with Gasteiger partial charge in [0.1, 0.15) is 11.6 Å². The SMILES string of the molecule is COCc1cc(N2CCC(C(C)C)CC2)nc(C(C)(C)C)n1. The van der Waals surface area contributed by atoms with Crippen LogP contribution in [0.5, 0.6) is 0 Å². The molecule has 2 rings (SSSR count). The molecule has 4 nitrogen and oxygen atoms in total. The average Bonchev–Trinajstić information content (AvgIpc) is 2.46. The van der Waals surface area contributed by atoms with Crippen LogP contribution in [-0.4, -0.2) is 30.2 Å². The van der Waals surface area contributed by atoms with Crippen LogP contribution in [0.15, 0.2) is 6.07 Å². The second-order valence-corrected chi connectivity index (χ2v) is 7.79. The Kier molecular flexibility index (Phi) is 5.43. The Morgan fingerprint density at radius 2 is 1.86 bits per heavy atom.